The summed E-state index contributed by atoms with van der Waals surface area (Å²) in [6.45, 7) is 2.11. The molecule has 0 bridgehead atoms. The molecule has 1 aromatic carbocycles. The number of hydrogen-bond acceptors (Lipinski definition) is 3. The number of benzene rings is 1. The van der Waals surface area contributed by atoms with E-state index in [0.29, 0.717) is 31.2 Å². The van der Waals surface area contributed by atoms with Gasteiger partial charge >= 0.3 is 0 Å². The van der Waals surface area contributed by atoms with Crippen LogP contribution in [0.15, 0.2) is 18.2 Å². The molecule has 3 nitrogen and oxygen atoms in total. The third kappa shape index (κ3) is 2.60. The van der Waals surface area contributed by atoms with E-state index in [0.717, 1.165) is 12.1 Å². The number of ether oxygens (including phenoxy) is 2. The summed E-state index contributed by atoms with van der Waals surface area (Å²) in [7, 11) is 0. The molecule has 0 spiro atoms. The van der Waals surface area contributed by atoms with Gasteiger partial charge < -0.3 is 9.47 Å². The van der Waals surface area contributed by atoms with Crippen molar-refractivity contribution in [3.8, 4) is 0 Å². The number of halogens is 2. The number of hydrogen-bond donors (Lipinski definition) is 0. The summed E-state index contributed by atoms with van der Waals surface area (Å²) in [4.78, 5) is 11.6. The van der Waals surface area contributed by atoms with Crippen molar-refractivity contribution in [3.63, 3.8) is 0 Å². The van der Waals surface area contributed by atoms with E-state index < -0.39 is 17.2 Å². The average Bonchev–Trinajstić information content (AvgIpc) is 2.87. The van der Waals surface area contributed by atoms with Crippen LogP contribution in [0.5, 0.6) is 0 Å². The Kier molecular flexibility index (Phi) is 3.80. The lowest BCUT2D eigenvalue weighted by molar-refractivity contribution is -0.130. The average molecular weight is 296 g/mol. The summed E-state index contributed by atoms with van der Waals surface area (Å²) < 4.78 is 38.4. The fraction of sp³-hybridized carbons (Fsp3) is 0.562. The van der Waals surface area contributed by atoms with Gasteiger partial charge in [-0.05, 0) is 42.5 Å². The topological polar surface area (TPSA) is 35.5 Å². The predicted molar refractivity (Wildman–Crippen MR) is 71.6 cm³/mol. The van der Waals surface area contributed by atoms with Crippen molar-refractivity contribution in [2.45, 2.75) is 44.3 Å². The number of rotatable bonds is 3. The molecular weight excluding hydrogens is 278 g/mol. The van der Waals surface area contributed by atoms with Crippen molar-refractivity contribution in [1.29, 1.82) is 0 Å². The Hall–Kier alpha value is -1.33. The highest BCUT2D eigenvalue weighted by Crippen LogP contribution is 2.43. The van der Waals surface area contributed by atoms with Crippen LogP contribution in [0, 0.1) is 17.6 Å². The molecule has 0 amide bonds. The zero-order valence-corrected chi connectivity index (χ0v) is 11.9. The van der Waals surface area contributed by atoms with Gasteiger partial charge in [0.1, 0.15) is 29.8 Å². The molecule has 1 saturated heterocycles. The monoisotopic (exact) mass is 296 g/mol. The Labute approximate surface area is 122 Å². The highest BCUT2D eigenvalue weighted by atomic mass is 19.1. The predicted octanol–water partition coefficient (Wildman–Crippen LogP) is 3.01. The number of Topliss-reactive ketones (excluding diaryl/α,β-unsaturated/α-hetero) is 1. The lowest BCUT2D eigenvalue weighted by Gasteiger charge is -2.40. The second-order valence-corrected chi connectivity index (χ2v) is 5.96. The molecule has 0 aromatic heterocycles. The molecule has 114 valence electrons. The summed E-state index contributed by atoms with van der Waals surface area (Å²) in [5.41, 5.74) is -0.227. The summed E-state index contributed by atoms with van der Waals surface area (Å²) >= 11 is 0. The quantitative estimate of drug-likeness (QED) is 0.860. The molecule has 1 aliphatic carbocycles. The lowest BCUT2D eigenvalue weighted by Crippen LogP contribution is -2.50. The molecular formula is C16H18F2O3. The summed E-state index contributed by atoms with van der Waals surface area (Å²) in [6, 6.07) is 3.48. The van der Waals surface area contributed by atoms with Gasteiger partial charge in [0.25, 0.3) is 0 Å². The van der Waals surface area contributed by atoms with Crippen LogP contribution in [-0.2, 0) is 20.7 Å². The number of fused-ring (bicyclic) bond motifs is 1. The van der Waals surface area contributed by atoms with Crippen molar-refractivity contribution < 1.29 is 23.0 Å². The van der Waals surface area contributed by atoms with Gasteiger partial charge in [-0.25, -0.2) is 8.78 Å². The number of ketones is 1. The van der Waals surface area contributed by atoms with Gasteiger partial charge in [-0.2, -0.15) is 0 Å². The first-order valence-electron chi connectivity index (χ1n) is 7.22. The molecule has 21 heavy (non-hydrogen) atoms. The van der Waals surface area contributed by atoms with Crippen molar-refractivity contribution >= 4 is 5.78 Å². The highest BCUT2D eigenvalue weighted by Gasteiger charge is 2.52. The Morgan fingerprint density at radius 3 is 3.05 bits per heavy atom. The highest BCUT2D eigenvalue weighted by molar-refractivity contribution is 5.80. The van der Waals surface area contributed by atoms with Gasteiger partial charge in [0.15, 0.2) is 0 Å². The first-order chi connectivity index (χ1) is 10.0. The summed E-state index contributed by atoms with van der Waals surface area (Å²) in [6.07, 6.45) is 1.46. The maximum atomic E-state index is 13.8. The Balaban J connectivity index is 1.82. The van der Waals surface area contributed by atoms with Crippen LogP contribution in [-0.4, -0.2) is 24.3 Å². The van der Waals surface area contributed by atoms with E-state index in [2.05, 4.69) is 0 Å². The SMILES string of the molecule is CC(Cc1cc(F)ccc1F)[C@]12CCC(=O)C[C@H]1OCO2. The van der Waals surface area contributed by atoms with Gasteiger partial charge in [0.2, 0.25) is 0 Å². The van der Waals surface area contributed by atoms with Crippen LogP contribution in [0.4, 0.5) is 8.78 Å². The van der Waals surface area contributed by atoms with Crippen LogP contribution in [0.3, 0.4) is 0 Å². The van der Waals surface area contributed by atoms with Crippen LogP contribution >= 0.6 is 0 Å². The normalized spacial score (nSPS) is 30.2. The minimum Gasteiger partial charge on any atom is -0.349 e. The van der Waals surface area contributed by atoms with Crippen LogP contribution in [0.2, 0.25) is 0 Å². The molecule has 3 atom stereocenters. The van der Waals surface area contributed by atoms with Crippen LogP contribution in [0.1, 0.15) is 31.7 Å². The molecule has 1 unspecified atom stereocenters. The molecule has 1 aromatic rings. The number of carbonyl (C=O) groups is 1. The molecule has 1 aliphatic heterocycles. The van der Waals surface area contributed by atoms with Crippen LogP contribution in [0.25, 0.3) is 0 Å². The lowest BCUT2D eigenvalue weighted by atomic mass is 9.72. The second kappa shape index (κ2) is 5.46. The van der Waals surface area contributed by atoms with Gasteiger partial charge in [-0.1, -0.05) is 6.92 Å². The first kappa shape index (κ1) is 14.6. The zero-order chi connectivity index (χ0) is 15.0. The van der Waals surface area contributed by atoms with Gasteiger partial charge in [0.05, 0.1) is 6.10 Å². The van der Waals surface area contributed by atoms with E-state index in [1.54, 1.807) is 0 Å². The van der Waals surface area contributed by atoms with E-state index in [4.69, 9.17) is 9.47 Å². The van der Waals surface area contributed by atoms with Crippen molar-refractivity contribution in [3.05, 3.63) is 35.4 Å². The molecule has 5 heteroatoms. The molecule has 1 saturated carbocycles. The second-order valence-electron chi connectivity index (χ2n) is 5.96. The van der Waals surface area contributed by atoms with Gasteiger partial charge in [-0.3, -0.25) is 4.79 Å². The fourth-order valence-corrected chi connectivity index (χ4v) is 3.48. The zero-order valence-electron chi connectivity index (χ0n) is 11.9. The van der Waals surface area contributed by atoms with E-state index >= 15 is 0 Å². The third-order valence-corrected chi connectivity index (χ3v) is 4.72. The molecule has 0 N–H and O–H groups in total. The van der Waals surface area contributed by atoms with Crippen molar-refractivity contribution in [1.82, 2.24) is 0 Å². The van der Waals surface area contributed by atoms with Crippen LogP contribution < -0.4 is 0 Å². The largest absolute Gasteiger partial charge is 0.349 e. The summed E-state index contributed by atoms with van der Waals surface area (Å²) in [5, 5.41) is 0. The minimum atomic E-state index is -0.563. The van der Waals surface area contributed by atoms with Crippen molar-refractivity contribution in [2.24, 2.45) is 5.92 Å². The molecule has 2 fully saturated rings. The van der Waals surface area contributed by atoms with E-state index in [-0.39, 0.29) is 24.6 Å². The fourth-order valence-electron chi connectivity index (χ4n) is 3.48. The molecule has 2 aliphatic rings. The van der Waals surface area contributed by atoms with Crippen molar-refractivity contribution in [2.75, 3.05) is 6.79 Å². The van der Waals surface area contributed by atoms with E-state index in [1.165, 1.54) is 6.07 Å². The van der Waals surface area contributed by atoms with Gasteiger partial charge in [0, 0.05) is 12.8 Å². The summed E-state index contributed by atoms with van der Waals surface area (Å²) in [5.74, 6) is -0.753. The number of carbonyl (C=O) groups excluding carboxylic acids is 1. The Bertz CT molecular complexity index is 560. The molecule has 3 rings (SSSR count). The van der Waals surface area contributed by atoms with Gasteiger partial charge in [-0.15, -0.1) is 0 Å². The Morgan fingerprint density at radius 1 is 1.43 bits per heavy atom. The maximum absolute atomic E-state index is 13.8. The molecule has 1 heterocycles. The third-order valence-electron chi connectivity index (χ3n) is 4.72. The first-order valence-corrected chi connectivity index (χ1v) is 7.22. The smallest absolute Gasteiger partial charge is 0.148 e. The molecule has 0 radical (unpaired) electrons. The van der Waals surface area contributed by atoms with E-state index in [9.17, 15) is 13.6 Å². The standard InChI is InChI=1S/C16H18F2O3/c1-10(6-11-7-12(17)2-3-14(11)18)16-5-4-13(19)8-15(16)20-9-21-16/h2-3,7,10,15H,4-6,8-9H2,1H3/t10?,15-,16-/m1/s1. The Morgan fingerprint density at radius 2 is 2.24 bits per heavy atom. The maximum Gasteiger partial charge on any atom is 0.148 e. The minimum absolute atomic E-state index is 0.0607. The van der Waals surface area contributed by atoms with E-state index in [1.807, 2.05) is 6.92 Å².